The molecule has 0 saturated carbocycles. The molecule has 1 heterocycles. The second-order valence-corrected chi connectivity index (χ2v) is 7.74. The van der Waals surface area contributed by atoms with Crippen LogP contribution in [0.4, 0.5) is 0 Å². The summed E-state index contributed by atoms with van der Waals surface area (Å²) in [5, 5.41) is 0.734. The van der Waals surface area contributed by atoms with Crippen molar-refractivity contribution in [3.05, 3.63) is 70.2 Å². The summed E-state index contributed by atoms with van der Waals surface area (Å²) in [5.41, 5.74) is 3.07. The highest BCUT2D eigenvalue weighted by Crippen LogP contribution is 2.21. The number of likely N-dealkylation sites (tertiary alicyclic amines) is 1. The number of halogens is 1. The third kappa shape index (κ3) is 4.66. The number of nitrogens with zero attached hydrogens (tertiary/aromatic N) is 2. The number of hydrogen-bond donors (Lipinski definition) is 0. The van der Waals surface area contributed by atoms with Gasteiger partial charge in [-0.2, -0.15) is 0 Å². The molecule has 1 fully saturated rings. The van der Waals surface area contributed by atoms with Gasteiger partial charge in [-0.25, -0.2) is 0 Å². The molecule has 0 spiro atoms. The Morgan fingerprint density at radius 3 is 2.54 bits per heavy atom. The van der Waals surface area contributed by atoms with Crippen molar-refractivity contribution in [1.82, 2.24) is 9.80 Å². The van der Waals surface area contributed by atoms with Gasteiger partial charge in [-0.15, -0.1) is 0 Å². The Kier molecular flexibility index (Phi) is 6.33. The standard InChI is InChI=1S/C22H27ClN2O/c1-24(2)20-7-5-14-25(15-13-20)22(26)21-8-4-3-6-18(21)16-17-9-11-19(23)12-10-17/h3-4,6,8-12,20H,5,7,13-16H2,1-2H3. The summed E-state index contributed by atoms with van der Waals surface area (Å²) in [6.45, 7) is 1.68. The van der Waals surface area contributed by atoms with Crippen molar-refractivity contribution in [2.24, 2.45) is 0 Å². The zero-order valence-electron chi connectivity index (χ0n) is 15.6. The lowest BCUT2D eigenvalue weighted by Crippen LogP contribution is -2.34. The van der Waals surface area contributed by atoms with E-state index < -0.39 is 0 Å². The molecule has 3 rings (SSSR count). The highest BCUT2D eigenvalue weighted by Gasteiger charge is 2.23. The smallest absolute Gasteiger partial charge is 0.254 e. The van der Waals surface area contributed by atoms with Crippen LogP contribution in [0.3, 0.4) is 0 Å². The molecule has 26 heavy (non-hydrogen) atoms. The van der Waals surface area contributed by atoms with E-state index in [1.165, 1.54) is 0 Å². The van der Waals surface area contributed by atoms with Crippen LogP contribution in [0.25, 0.3) is 0 Å². The van der Waals surface area contributed by atoms with Crippen LogP contribution in [0.1, 0.15) is 40.7 Å². The van der Waals surface area contributed by atoms with E-state index in [1.807, 2.05) is 47.4 Å². The lowest BCUT2D eigenvalue weighted by Gasteiger charge is -2.24. The Morgan fingerprint density at radius 1 is 1.08 bits per heavy atom. The predicted molar refractivity (Wildman–Crippen MR) is 108 cm³/mol. The Morgan fingerprint density at radius 2 is 1.81 bits per heavy atom. The summed E-state index contributed by atoms with van der Waals surface area (Å²) in [6, 6.07) is 16.4. The number of carbonyl (C=O) groups is 1. The van der Waals surface area contributed by atoms with Crippen LogP contribution >= 0.6 is 11.6 Å². The first-order valence-electron chi connectivity index (χ1n) is 9.32. The predicted octanol–water partition coefficient (Wildman–Crippen LogP) is 4.49. The number of carbonyl (C=O) groups excluding carboxylic acids is 1. The molecular formula is C22H27ClN2O. The lowest BCUT2D eigenvalue weighted by molar-refractivity contribution is 0.0757. The molecule has 1 aliphatic heterocycles. The third-order valence-electron chi connectivity index (χ3n) is 5.27. The largest absolute Gasteiger partial charge is 0.339 e. The summed E-state index contributed by atoms with van der Waals surface area (Å²) in [7, 11) is 4.26. The topological polar surface area (TPSA) is 23.6 Å². The Bertz CT molecular complexity index is 742. The van der Waals surface area contributed by atoms with Gasteiger partial charge >= 0.3 is 0 Å². The molecule has 138 valence electrons. The fraction of sp³-hybridized carbons (Fsp3) is 0.409. The van der Waals surface area contributed by atoms with Gasteiger partial charge in [-0.05, 0) is 69.1 Å². The maximum absolute atomic E-state index is 13.2. The molecule has 0 radical (unpaired) electrons. The van der Waals surface area contributed by atoms with Crippen molar-refractivity contribution in [1.29, 1.82) is 0 Å². The minimum atomic E-state index is 0.161. The van der Waals surface area contributed by atoms with Crippen LogP contribution in [-0.4, -0.2) is 48.9 Å². The molecule has 1 atom stereocenters. The molecule has 0 N–H and O–H groups in total. The van der Waals surface area contributed by atoms with E-state index in [1.54, 1.807) is 0 Å². The van der Waals surface area contributed by atoms with Gasteiger partial charge < -0.3 is 9.80 Å². The maximum atomic E-state index is 13.2. The molecule has 2 aromatic carbocycles. The Balaban J connectivity index is 1.76. The van der Waals surface area contributed by atoms with Gasteiger partial charge in [0.05, 0.1) is 0 Å². The van der Waals surface area contributed by atoms with E-state index >= 15 is 0 Å². The molecule has 0 aromatic heterocycles. The van der Waals surface area contributed by atoms with E-state index in [0.717, 1.165) is 60.5 Å². The second-order valence-electron chi connectivity index (χ2n) is 7.30. The summed E-state index contributed by atoms with van der Waals surface area (Å²) in [4.78, 5) is 17.5. The molecule has 1 amide bonds. The van der Waals surface area contributed by atoms with Crippen LogP contribution in [0, 0.1) is 0 Å². The van der Waals surface area contributed by atoms with Crippen LogP contribution in [0.15, 0.2) is 48.5 Å². The zero-order valence-corrected chi connectivity index (χ0v) is 16.4. The Labute approximate surface area is 161 Å². The van der Waals surface area contributed by atoms with Gasteiger partial charge in [0.15, 0.2) is 0 Å². The van der Waals surface area contributed by atoms with E-state index in [9.17, 15) is 4.79 Å². The normalized spacial score (nSPS) is 18.0. The highest BCUT2D eigenvalue weighted by atomic mass is 35.5. The van der Waals surface area contributed by atoms with Crippen molar-refractivity contribution >= 4 is 17.5 Å². The molecule has 1 saturated heterocycles. The van der Waals surface area contributed by atoms with Gasteiger partial charge in [-0.1, -0.05) is 41.9 Å². The first kappa shape index (κ1) is 18.9. The Hall–Kier alpha value is -1.84. The SMILES string of the molecule is CN(C)C1CCCN(C(=O)c2ccccc2Cc2ccc(Cl)cc2)CC1. The lowest BCUT2D eigenvalue weighted by atomic mass is 9.99. The molecule has 3 nitrogen and oxygen atoms in total. The third-order valence-corrected chi connectivity index (χ3v) is 5.52. The molecular weight excluding hydrogens is 344 g/mol. The van der Waals surface area contributed by atoms with Crippen LogP contribution in [0.5, 0.6) is 0 Å². The minimum Gasteiger partial charge on any atom is -0.339 e. The van der Waals surface area contributed by atoms with E-state index in [2.05, 4.69) is 25.1 Å². The molecule has 1 unspecified atom stereocenters. The van der Waals surface area contributed by atoms with E-state index in [4.69, 9.17) is 11.6 Å². The average molecular weight is 371 g/mol. The maximum Gasteiger partial charge on any atom is 0.254 e. The average Bonchev–Trinajstić information content (AvgIpc) is 2.90. The van der Waals surface area contributed by atoms with Crippen LogP contribution in [0.2, 0.25) is 5.02 Å². The van der Waals surface area contributed by atoms with Crippen molar-refractivity contribution < 1.29 is 4.79 Å². The van der Waals surface area contributed by atoms with Crippen LogP contribution in [-0.2, 0) is 6.42 Å². The minimum absolute atomic E-state index is 0.161. The van der Waals surface area contributed by atoms with Crippen molar-refractivity contribution in [3.63, 3.8) is 0 Å². The first-order valence-corrected chi connectivity index (χ1v) is 9.70. The van der Waals surface area contributed by atoms with Crippen molar-refractivity contribution in [3.8, 4) is 0 Å². The molecule has 0 aliphatic carbocycles. The number of hydrogen-bond acceptors (Lipinski definition) is 2. The fourth-order valence-electron chi connectivity index (χ4n) is 3.67. The molecule has 2 aromatic rings. The number of benzene rings is 2. The number of amides is 1. The molecule has 1 aliphatic rings. The quantitative estimate of drug-likeness (QED) is 0.791. The van der Waals surface area contributed by atoms with Gasteiger partial charge in [-0.3, -0.25) is 4.79 Å². The van der Waals surface area contributed by atoms with Crippen molar-refractivity contribution in [2.75, 3.05) is 27.2 Å². The van der Waals surface area contributed by atoms with Crippen LogP contribution < -0.4 is 0 Å². The zero-order chi connectivity index (χ0) is 18.5. The molecule has 4 heteroatoms. The molecule has 0 bridgehead atoms. The number of rotatable bonds is 4. The summed E-state index contributed by atoms with van der Waals surface area (Å²) < 4.78 is 0. The van der Waals surface area contributed by atoms with Gasteiger partial charge in [0.1, 0.15) is 0 Å². The van der Waals surface area contributed by atoms with Gasteiger partial charge in [0.2, 0.25) is 0 Å². The second kappa shape index (κ2) is 8.70. The first-order chi connectivity index (χ1) is 12.5. The monoisotopic (exact) mass is 370 g/mol. The summed E-state index contributed by atoms with van der Waals surface area (Å²) >= 11 is 5.98. The summed E-state index contributed by atoms with van der Waals surface area (Å²) in [5.74, 6) is 0.161. The fourth-order valence-corrected chi connectivity index (χ4v) is 3.80. The highest BCUT2D eigenvalue weighted by molar-refractivity contribution is 6.30. The summed E-state index contributed by atoms with van der Waals surface area (Å²) in [6.07, 6.45) is 4.00. The van der Waals surface area contributed by atoms with E-state index in [0.29, 0.717) is 6.04 Å². The van der Waals surface area contributed by atoms with Crippen molar-refractivity contribution in [2.45, 2.75) is 31.7 Å². The van der Waals surface area contributed by atoms with E-state index in [-0.39, 0.29) is 5.91 Å². The van der Waals surface area contributed by atoms with Gasteiger partial charge in [0, 0.05) is 29.7 Å². The van der Waals surface area contributed by atoms with Gasteiger partial charge in [0.25, 0.3) is 5.91 Å².